The third-order valence-electron chi connectivity index (χ3n) is 3.16. The molecule has 0 unspecified atom stereocenters. The zero-order valence-corrected chi connectivity index (χ0v) is 9.94. The number of fused-ring (bicyclic) bond motifs is 1. The molecule has 19 heavy (non-hydrogen) atoms. The van der Waals surface area contributed by atoms with Crippen molar-refractivity contribution >= 4 is 11.8 Å². The van der Waals surface area contributed by atoms with Crippen LogP contribution in [0.2, 0.25) is 0 Å². The van der Waals surface area contributed by atoms with Gasteiger partial charge in [0.05, 0.1) is 11.1 Å². The lowest BCUT2D eigenvalue weighted by atomic mass is 9.97. The molecule has 0 atom stereocenters. The van der Waals surface area contributed by atoms with Crippen molar-refractivity contribution in [3.8, 4) is 0 Å². The fourth-order valence-corrected chi connectivity index (χ4v) is 2.26. The predicted molar refractivity (Wildman–Crippen MR) is 67.4 cm³/mol. The molecular formula is C15H10FNO2. The van der Waals surface area contributed by atoms with Crippen LogP contribution in [0.3, 0.4) is 0 Å². The van der Waals surface area contributed by atoms with Gasteiger partial charge in [-0.15, -0.1) is 0 Å². The zero-order valence-electron chi connectivity index (χ0n) is 9.94. The number of benzene rings is 2. The molecule has 3 rings (SSSR count). The van der Waals surface area contributed by atoms with Gasteiger partial charge in [0.25, 0.3) is 11.8 Å². The van der Waals surface area contributed by atoms with Crippen LogP contribution in [0.1, 0.15) is 31.8 Å². The number of hydrogen-bond donors (Lipinski definition) is 1. The average Bonchev–Trinajstić information content (AvgIpc) is 2.69. The molecule has 2 aromatic carbocycles. The van der Waals surface area contributed by atoms with E-state index in [4.69, 9.17) is 0 Å². The molecule has 0 aromatic heterocycles. The van der Waals surface area contributed by atoms with Gasteiger partial charge in [-0.3, -0.25) is 14.9 Å². The lowest BCUT2D eigenvalue weighted by Crippen LogP contribution is -2.20. The van der Waals surface area contributed by atoms with Gasteiger partial charge in [0.1, 0.15) is 5.82 Å². The minimum Gasteiger partial charge on any atom is -0.288 e. The van der Waals surface area contributed by atoms with E-state index in [2.05, 4.69) is 5.32 Å². The van der Waals surface area contributed by atoms with Gasteiger partial charge in [-0.2, -0.15) is 0 Å². The largest absolute Gasteiger partial charge is 0.288 e. The summed E-state index contributed by atoms with van der Waals surface area (Å²) in [4.78, 5) is 23.3. The topological polar surface area (TPSA) is 46.2 Å². The fourth-order valence-electron chi connectivity index (χ4n) is 2.26. The molecule has 0 radical (unpaired) electrons. The molecule has 1 heterocycles. The van der Waals surface area contributed by atoms with Crippen LogP contribution in [-0.2, 0) is 6.42 Å². The first-order valence-electron chi connectivity index (χ1n) is 5.87. The van der Waals surface area contributed by atoms with Crippen LogP contribution in [0.25, 0.3) is 0 Å². The van der Waals surface area contributed by atoms with E-state index < -0.39 is 0 Å². The summed E-state index contributed by atoms with van der Waals surface area (Å²) in [7, 11) is 0. The molecule has 1 aliphatic rings. The summed E-state index contributed by atoms with van der Waals surface area (Å²) in [6.07, 6.45) is 0.490. The van der Waals surface area contributed by atoms with E-state index in [1.807, 2.05) is 0 Å². The molecule has 1 aliphatic heterocycles. The second kappa shape index (κ2) is 4.31. The van der Waals surface area contributed by atoms with E-state index in [1.54, 1.807) is 30.3 Å². The number of amides is 2. The number of carbonyl (C=O) groups is 2. The third-order valence-corrected chi connectivity index (χ3v) is 3.16. The Bertz CT molecular complexity index is 677. The molecule has 3 nitrogen and oxygen atoms in total. The summed E-state index contributed by atoms with van der Waals surface area (Å²) in [6.45, 7) is 0. The number of hydrogen-bond acceptors (Lipinski definition) is 2. The highest BCUT2D eigenvalue weighted by atomic mass is 19.1. The SMILES string of the molecule is O=C1NC(=O)c2c(Cc3ccc(F)cc3)cccc21. The molecule has 2 aromatic rings. The monoisotopic (exact) mass is 255 g/mol. The fraction of sp³-hybridized carbons (Fsp3) is 0.0667. The first-order chi connectivity index (χ1) is 9.15. The maximum absolute atomic E-state index is 12.8. The first-order valence-corrected chi connectivity index (χ1v) is 5.87. The molecule has 0 bridgehead atoms. The molecule has 94 valence electrons. The van der Waals surface area contributed by atoms with E-state index in [0.29, 0.717) is 17.5 Å². The Morgan fingerprint density at radius 2 is 1.68 bits per heavy atom. The van der Waals surface area contributed by atoms with Crippen molar-refractivity contribution in [1.29, 1.82) is 0 Å². The molecule has 0 saturated carbocycles. The Morgan fingerprint density at radius 1 is 0.947 bits per heavy atom. The van der Waals surface area contributed by atoms with Crippen LogP contribution in [0.4, 0.5) is 4.39 Å². The number of rotatable bonds is 2. The summed E-state index contributed by atoms with van der Waals surface area (Å²) in [5.41, 5.74) is 2.50. The Hall–Kier alpha value is -2.49. The quantitative estimate of drug-likeness (QED) is 0.837. The van der Waals surface area contributed by atoms with Crippen LogP contribution >= 0.6 is 0 Å². The van der Waals surface area contributed by atoms with Crippen LogP contribution in [0.15, 0.2) is 42.5 Å². The summed E-state index contributed by atoms with van der Waals surface area (Å²) in [6, 6.07) is 11.3. The third kappa shape index (κ3) is 2.01. The first kappa shape index (κ1) is 11.6. The summed E-state index contributed by atoms with van der Waals surface area (Å²) < 4.78 is 12.8. The van der Waals surface area contributed by atoms with Crippen molar-refractivity contribution in [2.75, 3.05) is 0 Å². The van der Waals surface area contributed by atoms with E-state index in [-0.39, 0.29) is 17.6 Å². The molecule has 0 spiro atoms. The average molecular weight is 255 g/mol. The minimum absolute atomic E-state index is 0.296. The van der Waals surface area contributed by atoms with Crippen molar-refractivity contribution < 1.29 is 14.0 Å². The lowest BCUT2D eigenvalue weighted by molar-refractivity contribution is 0.0879. The zero-order chi connectivity index (χ0) is 13.4. The second-order valence-electron chi connectivity index (χ2n) is 4.43. The van der Waals surface area contributed by atoms with Crippen LogP contribution in [0, 0.1) is 5.82 Å². The molecule has 0 aliphatic carbocycles. The second-order valence-corrected chi connectivity index (χ2v) is 4.43. The van der Waals surface area contributed by atoms with Gasteiger partial charge in [0.2, 0.25) is 0 Å². The van der Waals surface area contributed by atoms with Crippen molar-refractivity contribution in [3.05, 3.63) is 70.5 Å². The minimum atomic E-state index is -0.363. The van der Waals surface area contributed by atoms with E-state index in [1.165, 1.54) is 12.1 Å². The van der Waals surface area contributed by atoms with Crippen LogP contribution in [-0.4, -0.2) is 11.8 Å². The van der Waals surface area contributed by atoms with Gasteiger partial charge in [-0.25, -0.2) is 4.39 Å². The van der Waals surface area contributed by atoms with Crippen LogP contribution in [0.5, 0.6) is 0 Å². The molecule has 1 N–H and O–H groups in total. The summed E-state index contributed by atoms with van der Waals surface area (Å²) in [5, 5.41) is 2.28. The lowest BCUT2D eigenvalue weighted by Gasteiger charge is -2.06. The van der Waals surface area contributed by atoms with E-state index >= 15 is 0 Å². The normalized spacial score (nSPS) is 13.3. The highest BCUT2D eigenvalue weighted by Crippen LogP contribution is 2.22. The Kier molecular flexibility index (Phi) is 2.63. The predicted octanol–water partition coefficient (Wildman–Crippen LogP) is 2.30. The van der Waals surface area contributed by atoms with Gasteiger partial charge in [0.15, 0.2) is 0 Å². The van der Waals surface area contributed by atoms with Crippen molar-refractivity contribution in [3.63, 3.8) is 0 Å². The van der Waals surface area contributed by atoms with Gasteiger partial charge in [-0.05, 0) is 35.7 Å². The molecular weight excluding hydrogens is 245 g/mol. The number of carbonyl (C=O) groups excluding carboxylic acids is 2. The number of halogens is 1. The van der Waals surface area contributed by atoms with E-state index in [9.17, 15) is 14.0 Å². The Morgan fingerprint density at radius 3 is 2.42 bits per heavy atom. The van der Waals surface area contributed by atoms with Crippen molar-refractivity contribution in [2.45, 2.75) is 6.42 Å². The Labute approximate surface area is 109 Å². The van der Waals surface area contributed by atoms with Gasteiger partial charge < -0.3 is 0 Å². The smallest absolute Gasteiger partial charge is 0.259 e. The van der Waals surface area contributed by atoms with Crippen molar-refractivity contribution in [2.24, 2.45) is 0 Å². The van der Waals surface area contributed by atoms with Gasteiger partial charge >= 0.3 is 0 Å². The van der Waals surface area contributed by atoms with Crippen LogP contribution < -0.4 is 5.32 Å². The van der Waals surface area contributed by atoms with Gasteiger partial charge in [-0.1, -0.05) is 24.3 Å². The highest BCUT2D eigenvalue weighted by Gasteiger charge is 2.28. The number of imide groups is 1. The van der Waals surface area contributed by atoms with E-state index in [0.717, 1.165) is 11.1 Å². The van der Waals surface area contributed by atoms with Crippen molar-refractivity contribution in [1.82, 2.24) is 5.32 Å². The highest BCUT2D eigenvalue weighted by molar-refractivity contribution is 6.22. The maximum Gasteiger partial charge on any atom is 0.259 e. The van der Waals surface area contributed by atoms with Gasteiger partial charge in [0, 0.05) is 0 Å². The maximum atomic E-state index is 12.8. The summed E-state index contributed by atoms with van der Waals surface area (Å²) >= 11 is 0. The molecule has 2 amide bonds. The molecule has 4 heteroatoms. The summed E-state index contributed by atoms with van der Waals surface area (Å²) in [5.74, 6) is -1.02. The molecule has 0 saturated heterocycles. The number of nitrogens with one attached hydrogen (secondary N) is 1. The molecule has 0 fully saturated rings. The Balaban J connectivity index is 2.01. The standard InChI is InChI=1S/C15H10FNO2/c16-11-6-4-9(5-7-11)8-10-2-1-3-12-13(10)15(19)17-14(12)18/h1-7H,8H2,(H,17,18,19).